The first-order valence-corrected chi connectivity index (χ1v) is 7.19. The number of likely N-dealkylation sites (N-methyl/N-ethyl adjacent to an activating group) is 1. The topological polar surface area (TPSA) is 61.4 Å². The summed E-state index contributed by atoms with van der Waals surface area (Å²) < 4.78 is 26.7. The van der Waals surface area contributed by atoms with Crippen molar-refractivity contribution in [1.82, 2.24) is 4.90 Å². The highest BCUT2D eigenvalue weighted by Gasteiger charge is 2.12. The van der Waals surface area contributed by atoms with Gasteiger partial charge in [0.1, 0.15) is 11.6 Å². The lowest BCUT2D eigenvalue weighted by atomic mass is 10.2. The van der Waals surface area contributed by atoms with Crippen molar-refractivity contribution >= 4 is 28.9 Å². The summed E-state index contributed by atoms with van der Waals surface area (Å²) in [6, 6.07) is 9.87. The summed E-state index contributed by atoms with van der Waals surface area (Å²) in [5, 5.41) is 5.47. The summed E-state index contributed by atoms with van der Waals surface area (Å²) in [5.74, 6) is -2.04. The van der Waals surface area contributed by atoms with Crippen molar-refractivity contribution in [2.45, 2.75) is 6.92 Å². The van der Waals surface area contributed by atoms with Gasteiger partial charge in [0.05, 0.1) is 23.6 Å². The second-order valence-electron chi connectivity index (χ2n) is 5.22. The zero-order chi connectivity index (χ0) is 17.7. The molecule has 0 atom stereocenters. The highest BCUT2D eigenvalue weighted by molar-refractivity contribution is 5.97. The molecule has 24 heavy (non-hydrogen) atoms. The van der Waals surface area contributed by atoms with Gasteiger partial charge in [-0.2, -0.15) is 0 Å². The minimum Gasteiger partial charge on any atom is -0.351 e. The molecule has 0 aliphatic rings. The summed E-state index contributed by atoms with van der Waals surface area (Å²) in [5.41, 5.74) is 0.948. The van der Waals surface area contributed by atoms with E-state index in [2.05, 4.69) is 10.6 Å². The Hall–Kier alpha value is -2.96. The van der Waals surface area contributed by atoms with Crippen LogP contribution in [0.1, 0.15) is 6.92 Å². The number of rotatable bonds is 5. The lowest BCUT2D eigenvalue weighted by Crippen LogP contribution is -2.33. The largest absolute Gasteiger partial charge is 0.351 e. The number of nitrogens with zero attached hydrogens (tertiary/aromatic N) is 1. The molecule has 0 spiro atoms. The minimum atomic E-state index is -0.743. The maximum absolute atomic E-state index is 13.8. The zero-order valence-electron chi connectivity index (χ0n) is 13.3. The van der Waals surface area contributed by atoms with Crippen molar-refractivity contribution in [3.8, 4) is 0 Å². The van der Waals surface area contributed by atoms with E-state index < -0.39 is 11.6 Å². The van der Waals surface area contributed by atoms with E-state index in [4.69, 9.17) is 0 Å². The first kappa shape index (κ1) is 17.4. The molecule has 2 aromatic carbocycles. The first-order chi connectivity index (χ1) is 11.4. The highest BCUT2D eigenvalue weighted by atomic mass is 19.1. The van der Waals surface area contributed by atoms with Crippen molar-refractivity contribution in [3.05, 3.63) is 54.1 Å². The summed E-state index contributed by atoms with van der Waals surface area (Å²) in [4.78, 5) is 24.4. The Kier molecular flexibility index (Phi) is 5.47. The van der Waals surface area contributed by atoms with Crippen molar-refractivity contribution in [2.75, 3.05) is 24.2 Å². The molecule has 0 unspecified atom stereocenters. The van der Waals surface area contributed by atoms with E-state index in [9.17, 15) is 18.4 Å². The van der Waals surface area contributed by atoms with Gasteiger partial charge in [0.15, 0.2) is 0 Å². The third kappa shape index (κ3) is 4.52. The SMILES string of the molecule is CC(=O)N(C)CC(=O)Nc1ccccc1Nc1ccc(F)cc1F. The standard InChI is InChI=1S/C17H17F2N3O2/c1-11(23)22(2)10-17(24)21-16-6-4-3-5-15(16)20-14-8-7-12(18)9-13(14)19/h3-9,20H,10H2,1-2H3,(H,21,24). The predicted molar refractivity (Wildman–Crippen MR) is 88.0 cm³/mol. The fourth-order valence-electron chi connectivity index (χ4n) is 1.95. The van der Waals surface area contributed by atoms with E-state index in [1.807, 2.05) is 0 Å². The molecule has 0 aliphatic carbocycles. The Balaban J connectivity index is 2.15. The highest BCUT2D eigenvalue weighted by Crippen LogP contribution is 2.27. The lowest BCUT2D eigenvalue weighted by molar-refractivity contribution is -0.131. The van der Waals surface area contributed by atoms with Gasteiger partial charge in [-0.15, -0.1) is 0 Å². The quantitative estimate of drug-likeness (QED) is 0.884. The molecule has 0 saturated carbocycles. The van der Waals surface area contributed by atoms with E-state index in [1.54, 1.807) is 24.3 Å². The monoisotopic (exact) mass is 333 g/mol. The Morgan fingerprint density at radius 1 is 1.04 bits per heavy atom. The van der Waals surface area contributed by atoms with Gasteiger partial charge < -0.3 is 15.5 Å². The molecule has 126 valence electrons. The molecule has 2 rings (SSSR count). The molecule has 0 heterocycles. The number of hydrogen-bond acceptors (Lipinski definition) is 3. The van der Waals surface area contributed by atoms with Crippen LogP contribution in [0.15, 0.2) is 42.5 Å². The molecule has 2 aromatic rings. The van der Waals surface area contributed by atoms with Crippen LogP contribution in [-0.4, -0.2) is 30.3 Å². The molecule has 5 nitrogen and oxygen atoms in total. The summed E-state index contributed by atoms with van der Waals surface area (Å²) in [6.07, 6.45) is 0. The number of benzene rings is 2. The van der Waals surface area contributed by atoms with Crippen molar-refractivity contribution < 1.29 is 18.4 Å². The number of anilines is 3. The van der Waals surface area contributed by atoms with Gasteiger partial charge in [-0.05, 0) is 24.3 Å². The van der Waals surface area contributed by atoms with Crippen LogP contribution in [0.4, 0.5) is 25.8 Å². The first-order valence-electron chi connectivity index (χ1n) is 7.19. The second-order valence-corrected chi connectivity index (χ2v) is 5.22. The summed E-state index contributed by atoms with van der Waals surface area (Å²) in [6.45, 7) is 1.26. The van der Waals surface area contributed by atoms with Crippen LogP contribution >= 0.6 is 0 Å². The van der Waals surface area contributed by atoms with Crippen LogP contribution in [0.2, 0.25) is 0 Å². The maximum atomic E-state index is 13.8. The Morgan fingerprint density at radius 3 is 2.33 bits per heavy atom. The van der Waals surface area contributed by atoms with E-state index in [0.29, 0.717) is 11.4 Å². The average molecular weight is 333 g/mol. The van der Waals surface area contributed by atoms with Gasteiger partial charge >= 0.3 is 0 Å². The van der Waals surface area contributed by atoms with E-state index >= 15 is 0 Å². The van der Waals surface area contributed by atoms with Gasteiger partial charge in [-0.25, -0.2) is 8.78 Å². The zero-order valence-corrected chi connectivity index (χ0v) is 13.3. The van der Waals surface area contributed by atoms with E-state index in [-0.39, 0.29) is 24.0 Å². The predicted octanol–water partition coefficient (Wildman–Crippen LogP) is 3.13. The molecular weight excluding hydrogens is 316 g/mol. The Bertz CT molecular complexity index is 765. The minimum absolute atomic E-state index is 0.0824. The number of carbonyl (C=O) groups is 2. The smallest absolute Gasteiger partial charge is 0.244 e. The molecule has 0 aromatic heterocycles. The maximum Gasteiger partial charge on any atom is 0.244 e. The van der Waals surface area contributed by atoms with Gasteiger partial charge in [-0.1, -0.05) is 12.1 Å². The van der Waals surface area contributed by atoms with Gasteiger partial charge in [0.25, 0.3) is 0 Å². The normalized spacial score (nSPS) is 10.2. The molecular formula is C17H17F2N3O2. The molecule has 0 radical (unpaired) electrons. The van der Waals surface area contributed by atoms with Crippen LogP contribution in [0.25, 0.3) is 0 Å². The van der Waals surface area contributed by atoms with Crippen LogP contribution in [0, 0.1) is 11.6 Å². The fourth-order valence-corrected chi connectivity index (χ4v) is 1.95. The summed E-state index contributed by atoms with van der Waals surface area (Å²) >= 11 is 0. The number of hydrogen-bond donors (Lipinski definition) is 2. The van der Waals surface area contributed by atoms with Gasteiger partial charge in [-0.3, -0.25) is 9.59 Å². The number of carbonyl (C=O) groups excluding carboxylic acids is 2. The van der Waals surface area contributed by atoms with Crippen molar-refractivity contribution in [1.29, 1.82) is 0 Å². The van der Waals surface area contributed by atoms with E-state index in [1.165, 1.54) is 24.9 Å². The molecule has 0 saturated heterocycles. The third-order valence-electron chi connectivity index (χ3n) is 3.32. The Morgan fingerprint density at radius 2 is 1.71 bits per heavy atom. The van der Waals surface area contributed by atoms with E-state index in [0.717, 1.165) is 12.1 Å². The van der Waals surface area contributed by atoms with Gasteiger partial charge in [0.2, 0.25) is 11.8 Å². The molecule has 2 N–H and O–H groups in total. The summed E-state index contributed by atoms with van der Waals surface area (Å²) in [7, 11) is 1.51. The lowest BCUT2D eigenvalue weighted by Gasteiger charge is -2.17. The molecule has 0 fully saturated rings. The number of para-hydroxylation sites is 2. The molecule has 0 bridgehead atoms. The van der Waals surface area contributed by atoms with Crippen molar-refractivity contribution in [3.63, 3.8) is 0 Å². The molecule has 7 heteroatoms. The fraction of sp³-hybridized carbons (Fsp3) is 0.176. The third-order valence-corrected chi connectivity index (χ3v) is 3.32. The van der Waals surface area contributed by atoms with Crippen LogP contribution in [0.3, 0.4) is 0 Å². The number of nitrogens with one attached hydrogen (secondary N) is 2. The number of amides is 2. The van der Waals surface area contributed by atoms with Crippen LogP contribution < -0.4 is 10.6 Å². The van der Waals surface area contributed by atoms with Gasteiger partial charge in [0, 0.05) is 20.0 Å². The molecule has 2 amide bonds. The number of halogens is 2. The van der Waals surface area contributed by atoms with Crippen molar-refractivity contribution in [2.24, 2.45) is 0 Å². The second kappa shape index (κ2) is 7.54. The molecule has 0 aliphatic heterocycles. The average Bonchev–Trinajstić information content (AvgIpc) is 2.51. The van der Waals surface area contributed by atoms with Crippen LogP contribution in [-0.2, 0) is 9.59 Å². The Labute approximate surface area is 138 Å². The van der Waals surface area contributed by atoms with Crippen LogP contribution in [0.5, 0.6) is 0 Å².